The fourth-order valence-corrected chi connectivity index (χ4v) is 3.22. The van der Waals surface area contributed by atoms with Crippen molar-refractivity contribution in [2.45, 2.75) is 19.8 Å². The summed E-state index contributed by atoms with van der Waals surface area (Å²) < 4.78 is 5.66. The summed E-state index contributed by atoms with van der Waals surface area (Å²) in [6.45, 7) is 4.15. The van der Waals surface area contributed by atoms with E-state index in [1.54, 1.807) is 0 Å². The van der Waals surface area contributed by atoms with Crippen LogP contribution in [0.2, 0.25) is 0 Å². The number of hydrogen-bond donors (Lipinski definition) is 2. The Morgan fingerprint density at radius 1 is 1.15 bits per heavy atom. The van der Waals surface area contributed by atoms with E-state index in [0.29, 0.717) is 11.5 Å². The molecule has 0 bridgehead atoms. The highest BCUT2D eigenvalue weighted by Crippen LogP contribution is 2.29. The normalized spacial score (nSPS) is 11.8. The first-order valence-corrected chi connectivity index (χ1v) is 8.56. The van der Waals surface area contributed by atoms with E-state index in [9.17, 15) is 4.79 Å². The minimum atomic E-state index is -0.266. The summed E-state index contributed by atoms with van der Waals surface area (Å²) >= 11 is 0. The van der Waals surface area contributed by atoms with Gasteiger partial charge >= 0.3 is 0 Å². The Kier molecular flexibility index (Phi) is 4.05. The molecule has 5 heteroatoms. The predicted octanol–water partition coefficient (Wildman–Crippen LogP) is 4.80. The third-order valence-corrected chi connectivity index (χ3v) is 4.35. The highest BCUT2D eigenvalue weighted by atomic mass is 16.3. The van der Waals surface area contributed by atoms with Gasteiger partial charge in [-0.2, -0.15) is 5.10 Å². The zero-order chi connectivity index (χ0) is 18.1. The van der Waals surface area contributed by atoms with E-state index in [4.69, 9.17) is 4.42 Å². The Hall–Kier alpha value is -3.34. The van der Waals surface area contributed by atoms with Crippen LogP contribution in [-0.4, -0.2) is 17.1 Å². The molecule has 2 aromatic carbocycles. The molecule has 2 aromatic heterocycles. The number of para-hydroxylation sites is 2. The van der Waals surface area contributed by atoms with E-state index < -0.39 is 0 Å². The minimum absolute atomic E-state index is 0.214. The zero-order valence-corrected chi connectivity index (χ0v) is 14.6. The highest BCUT2D eigenvalue weighted by Gasteiger charge is 2.19. The second-order valence-corrected chi connectivity index (χ2v) is 6.50. The second kappa shape index (κ2) is 6.52. The standard InChI is InChI=1S/C21H19N3O2/c1-13(2)19-16-8-4-5-9-17(16)23-20(19)21(25)24-22-12-15-11-14-7-3-6-10-18(14)26-15/h3-13,23H,1-2H3,(H,24,25)/b22-12-. The molecule has 0 fully saturated rings. The first-order chi connectivity index (χ1) is 12.6. The van der Waals surface area contributed by atoms with Crippen LogP contribution in [0.4, 0.5) is 0 Å². The lowest BCUT2D eigenvalue weighted by atomic mass is 9.99. The van der Waals surface area contributed by atoms with Crippen LogP contribution in [0.15, 0.2) is 64.1 Å². The molecule has 26 heavy (non-hydrogen) atoms. The highest BCUT2D eigenvalue weighted by molar-refractivity contribution is 6.01. The molecule has 0 saturated carbocycles. The smallest absolute Gasteiger partial charge is 0.288 e. The molecule has 0 atom stereocenters. The molecule has 4 rings (SSSR count). The van der Waals surface area contributed by atoms with Crippen molar-refractivity contribution in [1.29, 1.82) is 0 Å². The lowest BCUT2D eigenvalue weighted by Gasteiger charge is -2.06. The number of aromatic amines is 1. The molecule has 0 aliphatic heterocycles. The number of fused-ring (bicyclic) bond motifs is 2. The number of aromatic nitrogens is 1. The molecule has 5 nitrogen and oxygen atoms in total. The van der Waals surface area contributed by atoms with Gasteiger partial charge in [-0.3, -0.25) is 4.79 Å². The molecule has 2 N–H and O–H groups in total. The van der Waals surface area contributed by atoms with Gasteiger partial charge in [0.1, 0.15) is 17.0 Å². The van der Waals surface area contributed by atoms with Gasteiger partial charge in [0.2, 0.25) is 0 Å². The van der Waals surface area contributed by atoms with Gasteiger partial charge in [-0.25, -0.2) is 5.43 Å². The lowest BCUT2D eigenvalue weighted by molar-refractivity contribution is 0.0949. The minimum Gasteiger partial charge on any atom is -0.455 e. The van der Waals surface area contributed by atoms with E-state index >= 15 is 0 Å². The van der Waals surface area contributed by atoms with Crippen LogP contribution in [0.25, 0.3) is 21.9 Å². The Balaban J connectivity index is 1.58. The summed E-state index contributed by atoms with van der Waals surface area (Å²) in [5, 5.41) is 6.11. The van der Waals surface area contributed by atoms with Crippen molar-refractivity contribution in [2.75, 3.05) is 0 Å². The van der Waals surface area contributed by atoms with Gasteiger partial charge in [-0.1, -0.05) is 50.2 Å². The zero-order valence-electron chi connectivity index (χ0n) is 14.6. The Labute approximate surface area is 150 Å². The monoisotopic (exact) mass is 345 g/mol. The number of hydrazone groups is 1. The number of hydrogen-bond acceptors (Lipinski definition) is 3. The molecule has 4 aromatic rings. The molecule has 0 radical (unpaired) electrons. The number of H-pyrrole nitrogens is 1. The van der Waals surface area contributed by atoms with Gasteiger partial charge in [-0.05, 0) is 29.7 Å². The van der Waals surface area contributed by atoms with Gasteiger partial charge in [0.05, 0.1) is 6.21 Å². The number of carbonyl (C=O) groups is 1. The predicted molar refractivity (Wildman–Crippen MR) is 104 cm³/mol. The first kappa shape index (κ1) is 16.1. The molecule has 0 aliphatic rings. The molecular formula is C21H19N3O2. The lowest BCUT2D eigenvalue weighted by Crippen LogP contribution is -2.19. The van der Waals surface area contributed by atoms with Crippen molar-refractivity contribution in [3.05, 3.63) is 71.6 Å². The fraction of sp³-hybridized carbons (Fsp3) is 0.143. The third kappa shape index (κ3) is 2.88. The number of nitrogens with one attached hydrogen (secondary N) is 2. The first-order valence-electron chi connectivity index (χ1n) is 8.56. The van der Waals surface area contributed by atoms with Crippen LogP contribution >= 0.6 is 0 Å². The average Bonchev–Trinajstić information content (AvgIpc) is 3.22. The fourth-order valence-electron chi connectivity index (χ4n) is 3.22. The molecule has 0 spiro atoms. The van der Waals surface area contributed by atoms with E-state index in [2.05, 4.69) is 29.4 Å². The van der Waals surface area contributed by atoms with Crippen LogP contribution in [0.5, 0.6) is 0 Å². The van der Waals surface area contributed by atoms with Crippen molar-refractivity contribution < 1.29 is 9.21 Å². The van der Waals surface area contributed by atoms with Crippen LogP contribution in [0, 0.1) is 0 Å². The van der Waals surface area contributed by atoms with Gasteiger partial charge in [0.15, 0.2) is 0 Å². The second-order valence-electron chi connectivity index (χ2n) is 6.50. The van der Waals surface area contributed by atoms with Crippen molar-refractivity contribution >= 4 is 34.0 Å². The van der Waals surface area contributed by atoms with E-state index in [1.807, 2.05) is 54.6 Å². The van der Waals surface area contributed by atoms with Crippen LogP contribution in [0.3, 0.4) is 0 Å². The van der Waals surface area contributed by atoms with Crippen molar-refractivity contribution in [3.8, 4) is 0 Å². The molecule has 1 amide bonds. The summed E-state index contributed by atoms with van der Waals surface area (Å²) in [6, 6.07) is 17.5. The number of benzene rings is 2. The average molecular weight is 345 g/mol. The maximum Gasteiger partial charge on any atom is 0.288 e. The molecule has 2 heterocycles. The quantitative estimate of drug-likeness (QED) is 0.412. The Bertz CT molecular complexity index is 1090. The summed E-state index contributed by atoms with van der Waals surface area (Å²) in [6.07, 6.45) is 1.51. The molecule has 0 saturated heterocycles. The number of amides is 1. The largest absolute Gasteiger partial charge is 0.455 e. The van der Waals surface area contributed by atoms with Gasteiger partial charge in [0.25, 0.3) is 5.91 Å². The van der Waals surface area contributed by atoms with Crippen LogP contribution < -0.4 is 5.43 Å². The van der Waals surface area contributed by atoms with E-state index in [-0.39, 0.29) is 11.8 Å². The molecular weight excluding hydrogens is 326 g/mol. The number of carbonyl (C=O) groups excluding carboxylic acids is 1. The van der Waals surface area contributed by atoms with Crippen molar-refractivity contribution in [1.82, 2.24) is 10.4 Å². The van der Waals surface area contributed by atoms with Crippen LogP contribution in [0.1, 0.15) is 41.6 Å². The van der Waals surface area contributed by atoms with Gasteiger partial charge in [0, 0.05) is 16.3 Å². The number of furan rings is 1. The number of nitrogens with zero attached hydrogens (tertiary/aromatic N) is 1. The molecule has 0 aliphatic carbocycles. The van der Waals surface area contributed by atoms with Crippen LogP contribution in [-0.2, 0) is 0 Å². The Morgan fingerprint density at radius 2 is 1.92 bits per heavy atom. The Morgan fingerprint density at radius 3 is 2.73 bits per heavy atom. The maximum absolute atomic E-state index is 12.6. The SMILES string of the molecule is CC(C)c1c(C(=O)N/N=C\c2cc3ccccc3o2)[nH]c2ccccc12. The topological polar surface area (TPSA) is 70.4 Å². The number of rotatable bonds is 4. The summed E-state index contributed by atoms with van der Waals surface area (Å²) in [7, 11) is 0. The van der Waals surface area contributed by atoms with Crippen molar-refractivity contribution in [2.24, 2.45) is 5.10 Å². The summed E-state index contributed by atoms with van der Waals surface area (Å²) in [4.78, 5) is 15.8. The van der Waals surface area contributed by atoms with E-state index in [0.717, 1.165) is 27.4 Å². The maximum atomic E-state index is 12.6. The van der Waals surface area contributed by atoms with Gasteiger partial charge < -0.3 is 9.40 Å². The molecule has 0 unspecified atom stereocenters. The summed E-state index contributed by atoms with van der Waals surface area (Å²) in [5.74, 6) is 0.538. The van der Waals surface area contributed by atoms with Gasteiger partial charge in [-0.15, -0.1) is 0 Å². The summed E-state index contributed by atoms with van der Waals surface area (Å²) in [5.41, 5.74) is 5.87. The van der Waals surface area contributed by atoms with Crippen molar-refractivity contribution in [3.63, 3.8) is 0 Å². The van der Waals surface area contributed by atoms with E-state index in [1.165, 1.54) is 6.21 Å². The molecule has 130 valence electrons. The third-order valence-electron chi connectivity index (χ3n) is 4.35.